The van der Waals surface area contributed by atoms with Crippen LogP contribution in [0.3, 0.4) is 0 Å². The van der Waals surface area contributed by atoms with Gasteiger partial charge in [-0.3, -0.25) is 9.88 Å². The highest BCUT2D eigenvalue weighted by molar-refractivity contribution is 5.90. The Balaban J connectivity index is 1.26. The molecule has 176 valence electrons. The van der Waals surface area contributed by atoms with Gasteiger partial charge in [-0.15, -0.1) is 5.10 Å². The van der Waals surface area contributed by atoms with Crippen LogP contribution in [-0.4, -0.2) is 51.9 Å². The Bertz CT molecular complexity index is 1260. The Morgan fingerprint density at radius 3 is 2.62 bits per heavy atom. The SMILES string of the molecule is O=C1O[C@@H](Cn2ccnn2)CN1c1cc(F)c(-c2ccc(C3(F)C4COCC43)nc2)c(F)c1F. The third kappa shape index (κ3) is 3.08. The summed E-state index contributed by atoms with van der Waals surface area (Å²) in [4.78, 5) is 17.1. The molecule has 0 bridgehead atoms. The minimum absolute atomic E-state index is 0.0529. The molecule has 2 aliphatic heterocycles. The van der Waals surface area contributed by atoms with E-state index >= 15 is 4.39 Å². The maximum Gasteiger partial charge on any atom is 0.414 e. The van der Waals surface area contributed by atoms with Crippen LogP contribution < -0.4 is 4.90 Å². The summed E-state index contributed by atoms with van der Waals surface area (Å²) in [6, 6.07) is 3.39. The number of hydrogen-bond acceptors (Lipinski definition) is 6. The van der Waals surface area contributed by atoms with Crippen LogP contribution in [0.2, 0.25) is 0 Å². The van der Waals surface area contributed by atoms with E-state index in [1.54, 1.807) is 6.20 Å². The quantitative estimate of drug-likeness (QED) is 0.416. The highest BCUT2D eigenvalue weighted by Crippen LogP contribution is 2.63. The van der Waals surface area contributed by atoms with Crippen LogP contribution in [0.5, 0.6) is 0 Å². The second kappa shape index (κ2) is 7.49. The lowest BCUT2D eigenvalue weighted by Crippen LogP contribution is -2.27. The van der Waals surface area contributed by atoms with Crippen molar-refractivity contribution in [2.75, 3.05) is 24.7 Å². The van der Waals surface area contributed by atoms with Gasteiger partial charge in [0.15, 0.2) is 17.3 Å². The molecule has 1 saturated carbocycles. The zero-order valence-corrected chi connectivity index (χ0v) is 17.5. The van der Waals surface area contributed by atoms with Gasteiger partial charge in [0.25, 0.3) is 0 Å². The first-order valence-corrected chi connectivity index (χ1v) is 10.6. The number of alkyl halides is 1. The van der Waals surface area contributed by atoms with Crippen LogP contribution in [0, 0.1) is 29.3 Å². The van der Waals surface area contributed by atoms with Gasteiger partial charge >= 0.3 is 6.09 Å². The van der Waals surface area contributed by atoms with Gasteiger partial charge in [0.2, 0.25) is 0 Å². The second-order valence-electron chi connectivity index (χ2n) is 8.57. The molecule has 2 aromatic heterocycles. The third-order valence-electron chi connectivity index (χ3n) is 6.66. The van der Waals surface area contributed by atoms with Crippen molar-refractivity contribution in [3.8, 4) is 11.1 Å². The number of benzene rings is 1. The van der Waals surface area contributed by atoms with Gasteiger partial charge in [-0.1, -0.05) is 11.3 Å². The highest BCUT2D eigenvalue weighted by atomic mass is 19.2. The predicted octanol–water partition coefficient (Wildman–Crippen LogP) is 3.22. The molecular formula is C22H17F4N5O3. The molecule has 3 fully saturated rings. The van der Waals surface area contributed by atoms with E-state index in [4.69, 9.17) is 9.47 Å². The number of fused-ring (bicyclic) bond motifs is 1. The van der Waals surface area contributed by atoms with Crippen LogP contribution in [0.15, 0.2) is 36.8 Å². The Morgan fingerprint density at radius 1 is 1.15 bits per heavy atom. The van der Waals surface area contributed by atoms with Crippen LogP contribution >= 0.6 is 0 Å². The number of hydrogen-bond donors (Lipinski definition) is 0. The fraction of sp³-hybridized carbons (Fsp3) is 0.364. The number of pyridine rings is 1. The average Bonchev–Trinajstić information content (AvgIpc) is 3.38. The van der Waals surface area contributed by atoms with Crippen molar-refractivity contribution in [2.45, 2.75) is 18.3 Å². The first-order valence-electron chi connectivity index (χ1n) is 10.6. The summed E-state index contributed by atoms with van der Waals surface area (Å²) >= 11 is 0. The smallest absolute Gasteiger partial charge is 0.414 e. The Labute approximate surface area is 190 Å². The molecule has 2 saturated heterocycles. The van der Waals surface area contributed by atoms with Gasteiger partial charge in [0.05, 0.1) is 49.4 Å². The third-order valence-corrected chi connectivity index (χ3v) is 6.66. The fourth-order valence-electron chi connectivity index (χ4n) is 4.84. The first-order chi connectivity index (χ1) is 16.4. The molecule has 8 nitrogen and oxygen atoms in total. The molecule has 1 amide bonds. The molecular weight excluding hydrogens is 458 g/mol. The molecule has 0 N–H and O–H groups in total. The van der Waals surface area contributed by atoms with E-state index < -0.39 is 46.6 Å². The van der Waals surface area contributed by atoms with Gasteiger partial charge in [-0.25, -0.2) is 27.0 Å². The Hall–Kier alpha value is -3.54. The highest BCUT2D eigenvalue weighted by Gasteiger charge is 2.70. The summed E-state index contributed by atoms with van der Waals surface area (Å²) in [5.74, 6) is -4.53. The van der Waals surface area contributed by atoms with E-state index in [1.165, 1.54) is 23.0 Å². The Kier molecular flexibility index (Phi) is 4.63. The molecule has 3 aromatic rings. The number of carbonyl (C=O) groups is 1. The lowest BCUT2D eigenvalue weighted by atomic mass is 10.0. The lowest BCUT2D eigenvalue weighted by Gasteiger charge is -2.17. The lowest BCUT2D eigenvalue weighted by molar-refractivity contribution is 0.0974. The van der Waals surface area contributed by atoms with Crippen molar-refractivity contribution in [1.29, 1.82) is 0 Å². The summed E-state index contributed by atoms with van der Waals surface area (Å²) in [7, 11) is 0. The molecule has 1 aliphatic carbocycles. The standard InChI is InChI=1S/C22H17F4N5O3/c23-15-5-16(31-8-12(34-21(31)32)7-30-4-3-28-29-30)19(24)20(25)18(15)11-1-2-17(27-6-11)22(26)13-9-33-10-14(13)22/h1-6,12-14H,7-10H2/t12-,13?,14?,22?/m0/s1. The number of cyclic esters (lactones) is 1. The van der Waals surface area contributed by atoms with E-state index in [1.807, 2.05) is 0 Å². The molecule has 4 heterocycles. The van der Waals surface area contributed by atoms with Gasteiger partial charge in [-0.05, 0) is 6.07 Å². The normalized spacial score (nSPS) is 27.7. The number of ether oxygens (including phenoxy) is 2. The van der Waals surface area contributed by atoms with E-state index in [-0.39, 0.29) is 36.2 Å². The van der Waals surface area contributed by atoms with Crippen LogP contribution in [0.1, 0.15) is 5.69 Å². The van der Waals surface area contributed by atoms with E-state index in [0.717, 1.165) is 17.2 Å². The molecule has 6 rings (SSSR count). The predicted molar refractivity (Wildman–Crippen MR) is 108 cm³/mol. The number of nitrogens with zero attached hydrogens (tertiary/aromatic N) is 5. The van der Waals surface area contributed by atoms with Crippen molar-refractivity contribution in [1.82, 2.24) is 20.0 Å². The minimum Gasteiger partial charge on any atom is -0.442 e. The van der Waals surface area contributed by atoms with Crippen LogP contribution in [0.25, 0.3) is 11.1 Å². The van der Waals surface area contributed by atoms with Gasteiger partial charge in [-0.2, -0.15) is 0 Å². The summed E-state index contributed by atoms with van der Waals surface area (Å²) < 4.78 is 71.8. The van der Waals surface area contributed by atoms with Crippen molar-refractivity contribution in [3.63, 3.8) is 0 Å². The van der Waals surface area contributed by atoms with Crippen molar-refractivity contribution >= 4 is 11.8 Å². The summed E-state index contributed by atoms with van der Waals surface area (Å²) in [5.41, 5.74) is -2.74. The second-order valence-corrected chi connectivity index (χ2v) is 8.57. The number of amides is 1. The molecule has 0 radical (unpaired) electrons. The number of halogens is 4. The van der Waals surface area contributed by atoms with Gasteiger partial charge in [0.1, 0.15) is 11.9 Å². The van der Waals surface area contributed by atoms with E-state index in [0.29, 0.717) is 13.2 Å². The largest absolute Gasteiger partial charge is 0.442 e. The monoisotopic (exact) mass is 475 g/mol. The molecule has 12 heteroatoms. The average molecular weight is 475 g/mol. The molecule has 1 aromatic carbocycles. The maximum absolute atomic E-state index is 15.1. The fourth-order valence-corrected chi connectivity index (χ4v) is 4.84. The summed E-state index contributed by atoms with van der Waals surface area (Å²) in [5, 5.41) is 7.40. The van der Waals surface area contributed by atoms with Crippen LogP contribution in [0.4, 0.5) is 28.0 Å². The maximum atomic E-state index is 15.1. The van der Waals surface area contributed by atoms with E-state index in [2.05, 4.69) is 15.3 Å². The molecule has 0 spiro atoms. The molecule has 3 aliphatic rings. The Morgan fingerprint density at radius 2 is 1.94 bits per heavy atom. The van der Waals surface area contributed by atoms with Crippen LogP contribution in [-0.2, 0) is 21.7 Å². The number of carbonyl (C=O) groups excluding carboxylic acids is 1. The van der Waals surface area contributed by atoms with Crippen molar-refractivity contribution in [3.05, 3.63) is 59.9 Å². The van der Waals surface area contributed by atoms with E-state index in [9.17, 15) is 18.0 Å². The van der Waals surface area contributed by atoms with Crippen molar-refractivity contribution in [2.24, 2.45) is 11.8 Å². The first kappa shape index (κ1) is 21.0. The minimum atomic E-state index is -1.61. The topological polar surface area (TPSA) is 82.4 Å². The van der Waals surface area contributed by atoms with Gasteiger partial charge < -0.3 is 9.47 Å². The molecule has 2 unspecified atom stereocenters. The van der Waals surface area contributed by atoms with Crippen molar-refractivity contribution < 1.29 is 31.8 Å². The summed E-state index contributed by atoms with van der Waals surface area (Å²) in [6.45, 7) is 0.627. The zero-order chi connectivity index (χ0) is 23.6. The number of rotatable bonds is 5. The number of aromatic nitrogens is 4. The number of anilines is 1. The molecule has 34 heavy (non-hydrogen) atoms. The molecule has 3 atom stereocenters. The summed E-state index contributed by atoms with van der Waals surface area (Å²) in [6.07, 6.45) is 2.46. The zero-order valence-electron chi connectivity index (χ0n) is 17.5. The van der Waals surface area contributed by atoms with Gasteiger partial charge in [0, 0.05) is 35.9 Å².